The first-order valence-electron chi connectivity index (χ1n) is 7.61. The lowest BCUT2D eigenvalue weighted by Crippen LogP contribution is -2.38. The van der Waals surface area contributed by atoms with Crippen molar-refractivity contribution in [1.29, 1.82) is 0 Å². The standard InChI is InChI=1S/C16H33NO/c1-13(2)18-11-10-16(12-17)8-6-14(7-9-16)15(3,4)5/h13-14H,6-12,17H2,1-5H3. The molecular weight excluding hydrogens is 222 g/mol. The van der Waals surface area contributed by atoms with Crippen LogP contribution < -0.4 is 5.73 Å². The van der Waals surface area contributed by atoms with Gasteiger partial charge in [-0.25, -0.2) is 0 Å². The van der Waals surface area contributed by atoms with Crippen molar-refractivity contribution in [1.82, 2.24) is 0 Å². The molecule has 0 atom stereocenters. The smallest absolute Gasteiger partial charge is 0.0518 e. The molecule has 0 radical (unpaired) electrons. The molecule has 0 aromatic heterocycles. The van der Waals surface area contributed by atoms with Crippen LogP contribution in [-0.2, 0) is 4.74 Å². The van der Waals surface area contributed by atoms with Gasteiger partial charge in [0.2, 0.25) is 0 Å². The summed E-state index contributed by atoms with van der Waals surface area (Å²) in [4.78, 5) is 0. The Morgan fingerprint density at radius 2 is 1.78 bits per heavy atom. The Labute approximate surface area is 114 Å². The molecule has 18 heavy (non-hydrogen) atoms. The molecule has 1 fully saturated rings. The molecule has 0 amide bonds. The molecule has 0 aromatic carbocycles. The van der Waals surface area contributed by atoms with E-state index >= 15 is 0 Å². The van der Waals surface area contributed by atoms with Gasteiger partial charge in [-0.15, -0.1) is 0 Å². The molecule has 0 spiro atoms. The lowest BCUT2D eigenvalue weighted by Gasteiger charge is -2.43. The predicted octanol–water partition coefficient (Wildman–Crippen LogP) is 3.98. The first-order chi connectivity index (χ1) is 8.29. The largest absolute Gasteiger partial charge is 0.379 e. The van der Waals surface area contributed by atoms with Crippen LogP contribution in [0, 0.1) is 16.7 Å². The molecule has 1 saturated carbocycles. The third-order valence-corrected chi connectivity index (χ3v) is 4.79. The molecule has 2 N–H and O–H groups in total. The summed E-state index contributed by atoms with van der Waals surface area (Å²) in [6.45, 7) is 13.0. The minimum Gasteiger partial charge on any atom is -0.379 e. The Morgan fingerprint density at radius 3 is 2.17 bits per heavy atom. The topological polar surface area (TPSA) is 35.2 Å². The maximum atomic E-state index is 6.05. The van der Waals surface area contributed by atoms with E-state index in [1.165, 1.54) is 25.7 Å². The Kier molecular flexibility index (Phi) is 5.67. The van der Waals surface area contributed by atoms with Gasteiger partial charge in [-0.2, -0.15) is 0 Å². The van der Waals surface area contributed by atoms with Gasteiger partial charge in [0.25, 0.3) is 0 Å². The summed E-state index contributed by atoms with van der Waals surface area (Å²) in [6, 6.07) is 0. The summed E-state index contributed by atoms with van der Waals surface area (Å²) in [7, 11) is 0. The molecule has 0 heterocycles. The molecule has 2 nitrogen and oxygen atoms in total. The Morgan fingerprint density at radius 1 is 1.22 bits per heavy atom. The van der Waals surface area contributed by atoms with Gasteiger partial charge in [-0.1, -0.05) is 20.8 Å². The normalized spacial score (nSPS) is 29.8. The summed E-state index contributed by atoms with van der Waals surface area (Å²) < 4.78 is 5.71. The molecule has 0 aliphatic heterocycles. The summed E-state index contributed by atoms with van der Waals surface area (Å²) in [5.74, 6) is 0.864. The van der Waals surface area contributed by atoms with Crippen molar-refractivity contribution in [2.75, 3.05) is 13.2 Å². The predicted molar refractivity (Wildman–Crippen MR) is 78.6 cm³/mol. The molecule has 1 rings (SSSR count). The fraction of sp³-hybridized carbons (Fsp3) is 1.00. The molecule has 1 aliphatic carbocycles. The van der Waals surface area contributed by atoms with E-state index in [1.807, 2.05) is 0 Å². The van der Waals surface area contributed by atoms with E-state index in [-0.39, 0.29) is 0 Å². The average Bonchev–Trinajstić information content (AvgIpc) is 2.28. The van der Waals surface area contributed by atoms with E-state index < -0.39 is 0 Å². The molecule has 2 heteroatoms. The van der Waals surface area contributed by atoms with Gasteiger partial charge in [0, 0.05) is 6.61 Å². The SMILES string of the molecule is CC(C)OCCC1(CN)CCC(C(C)(C)C)CC1. The molecule has 108 valence electrons. The molecule has 0 aromatic rings. The second-order valence-corrected chi connectivity index (χ2v) is 7.51. The number of nitrogens with two attached hydrogens (primary N) is 1. The van der Waals surface area contributed by atoms with E-state index in [4.69, 9.17) is 10.5 Å². The molecular formula is C16H33NO. The van der Waals surface area contributed by atoms with E-state index in [1.54, 1.807) is 0 Å². The van der Waals surface area contributed by atoms with Crippen molar-refractivity contribution in [2.45, 2.75) is 72.8 Å². The highest BCUT2D eigenvalue weighted by Crippen LogP contribution is 2.46. The van der Waals surface area contributed by atoms with E-state index in [0.29, 0.717) is 16.9 Å². The van der Waals surface area contributed by atoms with E-state index in [0.717, 1.165) is 25.5 Å². The summed E-state index contributed by atoms with van der Waals surface area (Å²) >= 11 is 0. The van der Waals surface area contributed by atoms with Gasteiger partial charge < -0.3 is 10.5 Å². The van der Waals surface area contributed by atoms with Crippen molar-refractivity contribution >= 4 is 0 Å². The van der Waals surface area contributed by atoms with Gasteiger partial charge >= 0.3 is 0 Å². The lowest BCUT2D eigenvalue weighted by molar-refractivity contribution is 0.0253. The van der Waals surface area contributed by atoms with Crippen molar-refractivity contribution < 1.29 is 4.74 Å². The van der Waals surface area contributed by atoms with Gasteiger partial charge in [0.05, 0.1) is 6.10 Å². The first kappa shape index (κ1) is 16.0. The highest BCUT2D eigenvalue weighted by Gasteiger charge is 2.37. The molecule has 0 bridgehead atoms. The van der Waals surface area contributed by atoms with Crippen LogP contribution in [0.4, 0.5) is 0 Å². The third kappa shape index (κ3) is 4.55. The van der Waals surface area contributed by atoms with Crippen LogP contribution in [0.3, 0.4) is 0 Å². The van der Waals surface area contributed by atoms with E-state index in [9.17, 15) is 0 Å². The Balaban J connectivity index is 2.44. The van der Waals surface area contributed by atoms with Crippen LogP contribution in [0.2, 0.25) is 0 Å². The summed E-state index contributed by atoms with van der Waals surface area (Å²) in [5.41, 5.74) is 6.87. The van der Waals surface area contributed by atoms with Crippen LogP contribution in [0.5, 0.6) is 0 Å². The number of rotatable bonds is 5. The third-order valence-electron chi connectivity index (χ3n) is 4.79. The lowest BCUT2D eigenvalue weighted by atomic mass is 9.63. The monoisotopic (exact) mass is 255 g/mol. The zero-order valence-corrected chi connectivity index (χ0v) is 13.1. The number of ether oxygens (including phenoxy) is 1. The fourth-order valence-corrected chi connectivity index (χ4v) is 3.16. The van der Waals surface area contributed by atoms with Gasteiger partial charge in [0.1, 0.15) is 0 Å². The second kappa shape index (κ2) is 6.38. The van der Waals surface area contributed by atoms with Crippen molar-refractivity contribution in [3.05, 3.63) is 0 Å². The summed E-state index contributed by atoms with van der Waals surface area (Å²) in [6.07, 6.45) is 6.72. The van der Waals surface area contributed by atoms with Gasteiger partial charge in [-0.05, 0) is 69.2 Å². The van der Waals surface area contributed by atoms with Crippen LogP contribution in [0.1, 0.15) is 66.7 Å². The van der Waals surface area contributed by atoms with Crippen molar-refractivity contribution in [3.8, 4) is 0 Å². The zero-order chi connectivity index (χ0) is 13.8. The maximum Gasteiger partial charge on any atom is 0.0518 e. The second-order valence-electron chi connectivity index (χ2n) is 7.51. The Hall–Kier alpha value is -0.0800. The molecule has 0 saturated heterocycles. The molecule has 1 aliphatic rings. The van der Waals surface area contributed by atoms with Crippen molar-refractivity contribution in [2.24, 2.45) is 22.5 Å². The quantitative estimate of drug-likeness (QED) is 0.806. The highest BCUT2D eigenvalue weighted by molar-refractivity contribution is 4.89. The average molecular weight is 255 g/mol. The van der Waals surface area contributed by atoms with Gasteiger partial charge in [-0.3, -0.25) is 0 Å². The minimum atomic E-state index is 0.339. The van der Waals surface area contributed by atoms with Crippen molar-refractivity contribution in [3.63, 3.8) is 0 Å². The Bertz CT molecular complexity index is 234. The number of hydrogen-bond donors (Lipinski definition) is 1. The highest BCUT2D eigenvalue weighted by atomic mass is 16.5. The van der Waals surface area contributed by atoms with E-state index in [2.05, 4.69) is 34.6 Å². The minimum absolute atomic E-state index is 0.339. The zero-order valence-electron chi connectivity index (χ0n) is 13.1. The fourth-order valence-electron chi connectivity index (χ4n) is 3.16. The van der Waals surface area contributed by atoms with Crippen LogP contribution in [-0.4, -0.2) is 19.3 Å². The summed E-state index contributed by atoms with van der Waals surface area (Å²) in [5, 5.41) is 0. The van der Waals surface area contributed by atoms with Crippen LogP contribution in [0.15, 0.2) is 0 Å². The molecule has 0 unspecified atom stereocenters. The first-order valence-corrected chi connectivity index (χ1v) is 7.61. The van der Waals surface area contributed by atoms with Crippen LogP contribution >= 0.6 is 0 Å². The van der Waals surface area contributed by atoms with Crippen LogP contribution in [0.25, 0.3) is 0 Å². The maximum absolute atomic E-state index is 6.05. The number of hydrogen-bond acceptors (Lipinski definition) is 2. The van der Waals surface area contributed by atoms with Gasteiger partial charge in [0.15, 0.2) is 0 Å².